The minimum absolute atomic E-state index is 0.0337. The van der Waals surface area contributed by atoms with Crippen molar-refractivity contribution in [3.05, 3.63) is 35.4 Å². The first kappa shape index (κ1) is 16.2. The predicted octanol–water partition coefficient (Wildman–Crippen LogP) is 3.58. The molecule has 0 saturated heterocycles. The van der Waals surface area contributed by atoms with E-state index in [1.54, 1.807) is 0 Å². The zero-order valence-electron chi connectivity index (χ0n) is 13.1. The van der Waals surface area contributed by atoms with Crippen molar-refractivity contribution in [3.63, 3.8) is 0 Å². The molecule has 0 bridgehead atoms. The summed E-state index contributed by atoms with van der Waals surface area (Å²) in [5.41, 5.74) is 2.71. The summed E-state index contributed by atoms with van der Waals surface area (Å²) in [7, 11) is 2.02. The zero-order valence-corrected chi connectivity index (χ0v) is 13.1. The normalized spacial score (nSPS) is 13.5. The van der Waals surface area contributed by atoms with Crippen LogP contribution in [0.15, 0.2) is 24.3 Å². The molecule has 1 unspecified atom stereocenters. The number of ether oxygens (including phenoxy) is 1. The van der Waals surface area contributed by atoms with Crippen LogP contribution in [-0.2, 0) is 11.2 Å². The van der Waals surface area contributed by atoms with Crippen LogP contribution in [0.3, 0.4) is 0 Å². The van der Waals surface area contributed by atoms with Crippen molar-refractivity contribution in [2.45, 2.75) is 46.1 Å². The van der Waals surface area contributed by atoms with Crippen molar-refractivity contribution < 1.29 is 4.74 Å². The van der Waals surface area contributed by atoms with Gasteiger partial charge in [0.15, 0.2) is 0 Å². The molecule has 0 amide bonds. The van der Waals surface area contributed by atoms with E-state index in [4.69, 9.17) is 4.74 Å². The summed E-state index contributed by atoms with van der Waals surface area (Å²) in [6.07, 6.45) is 2.22. The molecule has 1 N–H and O–H groups in total. The lowest BCUT2D eigenvalue weighted by atomic mass is 9.96. The third kappa shape index (κ3) is 7.34. The van der Waals surface area contributed by atoms with Crippen molar-refractivity contribution >= 4 is 0 Å². The van der Waals surface area contributed by atoms with Crippen LogP contribution in [0.2, 0.25) is 0 Å². The van der Waals surface area contributed by atoms with Gasteiger partial charge in [-0.25, -0.2) is 0 Å². The molecule has 1 atom stereocenters. The lowest BCUT2D eigenvalue weighted by Crippen LogP contribution is -2.25. The van der Waals surface area contributed by atoms with Crippen LogP contribution in [0.4, 0.5) is 0 Å². The molecule has 1 aromatic rings. The third-order valence-corrected chi connectivity index (χ3v) is 3.20. The van der Waals surface area contributed by atoms with Gasteiger partial charge in [0.1, 0.15) is 0 Å². The summed E-state index contributed by atoms with van der Waals surface area (Å²) in [4.78, 5) is 0. The maximum atomic E-state index is 5.84. The zero-order chi connectivity index (χ0) is 14.3. The van der Waals surface area contributed by atoms with Crippen molar-refractivity contribution in [2.24, 2.45) is 5.92 Å². The van der Waals surface area contributed by atoms with Gasteiger partial charge in [0.25, 0.3) is 0 Å². The Morgan fingerprint density at radius 3 is 2.32 bits per heavy atom. The number of aryl methyl sites for hydroxylation is 1. The fraction of sp³-hybridized carbons (Fsp3) is 0.647. The number of hydrogen-bond acceptors (Lipinski definition) is 2. The van der Waals surface area contributed by atoms with Gasteiger partial charge >= 0.3 is 0 Å². The van der Waals surface area contributed by atoms with Crippen LogP contribution in [0, 0.1) is 12.8 Å². The molecule has 1 rings (SSSR count). The van der Waals surface area contributed by atoms with Gasteiger partial charge in [-0.3, -0.25) is 0 Å². The van der Waals surface area contributed by atoms with Crippen LogP contribution in [0.5, 0.6) is 0 Å². The first-order valence-corrected chi connectivity index (χ1v) is 7.25. The van der Waals surface area contributed by atoms with E-state index in [-0.39, 0.29) is 5.60 Å². The highest BCUT2D eigenvalue weighted by molar-refractivity contribution is 5.21. The summed E-state index contributed by atoms with van der Waals surface area (Å²) < 4.78 is 5.84. The molecule has 2 heteroatoms. The Bertz CT molecular complexity index is 351. The number of nitrogens with one attached hydrogen (secondary N) is 1. The van der Waals surface area contributed by atoms with E-state index in [0.717, 1.165) is 26.0 Å². The van der Waals surface area contributed by atoms with Crippen molar-refractivity contribution in [1.29, 1.82) is 0 Å². The lowest BCUT2D eigenvalue weighted by Gasteiger charge is -2.22. The van der Waals surface area contributed by atoms with E-state index in [1.807, 2.05) is 7.05 Å². The Labute approximate surface area is 118 Å². The summed E-state index contributed by atoms with van der Waals surface area (Å²) in [5.74, 6) is 0.634. The van der Waals surface area contributed by atoms with Gasteiger partial charge in [-0.2, -0.15) is 0 Å². The van der Waals surface area contributed by atoms with Crippen LogP contribution < -0.4 is 5.32 Å². The van der Waals surface area contributed by atoms with Crippen LogP contribution in [0.25, 0.3) is 0 Å². The van der Waals surface area contributed by atoms with Crippen LogP contribution in [0.1, 0.15) is 38.3 Å². The van der Waals surface area contributed by atoms with Gasteiger partial charge in [0.2, 0.25) is 0 Å². The molecule has 0 aliphatic carbocycles. The molecule has 0 aromatic heterocycles. The average molecular weight is 263 g/mol. The Kier molecular flexibility index (Phi) is 6.53. The molecule has 0 aliphatic heterocycles. The number of hydrogen-bond donors (Lipinski definition) is 1. The summed E-state index contributed by atoms with van der Waals surface area (Å²) >= 11 is 0. The second-order valence-corrected chi connectivity index (χ2v) is 6.36. The minimum atomic E-state index is -0.0337. The fourth-order valence-corrected chi connectivity index (χ4v) is 2.15. The molecule has 0 heterocycles. The molecule has 0 spiro atoms. The number of benzene rings is 1. The molecule has 2 nitrogen and oxygen atoms in total. The molecular weight excluding hydrogens is 234 g/mol. The maximum Gasteiger partial charge on any atom is 0.0598 e. The average Bonchev–Trinajstić information content (AvgIpc) is 2.30. The SMILES string of the molecule is CNCC(CCOC(C)(C)C)Cc1ccc(C)cc1. The maximum absolute atomic E-state index is 5.84. The van der Waals surface area contributed by atoms with E-state index >= 15 is 0 Å². The first-order valence-electron chi connectivity index (χ1n) is 7.25. The highest BCUT2D eigenvalue weighted by Gasteiger charge is 2.13. The lowest BCUT2D eigenvalue weighted by molar-refractivity contribution is -0.00912. The number of rotatable bonds is 7. The van der Waals surface area contributed by atoms with E-state index in [9.17, 15) is 0 Å². The highest BCUT2D eigenvalue weighted by Crippen LogP contribution is 2.15. The first-order chi connectivity index (χ1) is 8.90. The molecule has 0 saturated carbocycles. The summed E-state index contributed by atoms with van der Waals surface area (Å²) in [6, 6.07) is 8.86. The van der Waals surface area contributed by atoms with Gasteiger partial charge in [-0.05, 0) is 65.6 Å². The molecule has 0 fully saturated rings. The molecule has 1 aromatic carbocycles. The highest BCUT2D eigenvalue weighted by atomic mass is 16.5. The molecule has 108 valence electrons. The van der Waals surface area contributed by atoms with Gasteiger partial charge < -0.3 is 10.1 Å². The van der Waals surface area contributed by atoms with Crippen molar-refractivity contribution in [2.75, 3.05) is 20.2 Å². The van der Waals surface area contributed by atoms with Gasteiger partial charge in [-0.15, -0.1) is 0 Å². The van der Waals surface area contributed by atoms with E-state index < -0.39 is 0 Å². The van der Waals surface area contributed by atoms with Gasteiger partial charge in [0.05, 0.1) is 5.60 Å². The van der Waals surface area contributed by atoms with Gasteiger partial charge in [-0.1, -0.05) is 29.8 Å². The summed E-state index contributed by atoms with van der Waals surface area (Å²) in [6.45, 7) is 10.3. The van der Waals surface area contributed by atoms with Crippen LogP contribution in [-0.4, -0.2) is 25.8 Å². The van der Waals surface area contributed by atoms with E-state index in [2.05, 4.69) is 57.3 Å². The fourth-order valence-electron chi connectivity index (χ4n) is 2.15. The van der Waals surface area contributed by atoms with Crippen molar-refractivity contribution in [1.82, 2.24) is 5.32 Å². The standard InChI is InChI=1S/C17H29NO/c1-14-6-8-15(9-7-14)12-16(13-18-5)10-11-19-17(2,3)4/h6-9,16,18H,10-13H2,1-5H3. The second kappa shape index (κ2) is 7.66. The minimum Gasteiger partial charge on any atom is -0.376 e. The monoisotopic (exact) mass is 263 g/mol. The van der Waals surface area contributed by atoms with E-state index in [1.165, 1.54) is 11.1 Å². The molecule has 0 radical (unpaired) electrons. The molecular formula is C17H29NO. The third-order valence-electron chi connectivity index (χ3n) is 3.20. The summed E-state index contributed by atoms with van der Waals surface area (Å²) in [5, 5.41) is 3.29. The smallest absolute Gasteiger partial charge is 0.0598 e. The van der Waals surface area contributed by atoms with Crippen LogP contribution >= 0.6 is 0 Å². The Morgan fingerprint density at radius 1 is 1.16 bits per heavy atom. The Balaban J connectivity index is 2.45. The Hall–Kier alpha value is -0.860. The second-order valence-electron chi connectivity index (χ2n) is 6.36. The van der Waals surface area contributed by atoms with Crippen molar-refractivity contribution in [3.8, 4) is 0 Å². The molecule has 19 heavy (non-hydrogen) atoms. The quantitative estimate of drug-likeness (QED) is 0.812. The topological polar surface area (TPSA) is 21.3 Å². The largest absolute Gasteiger partial charge is 0.376 e. The molecule has 0 aliphatic rings. The Morgan fingerprint density at radius 2 is 1.79 bits per heavy atom. The predicted molar refractivity (Wildman–Crippen MR) is 82.6 cm³/mol. The van der Waals surface area contributed by atoms with E-state index in [0.29, 0.717) is 5.92 Å². The van der Waals surface area contributed by atoms with Gasteiger partial charge in [0, 0.05) is 6.61 Å².